The van der Waals surface area contributed by atoms with Crippen molar-refractivity contribution in [2.75, 3.05) is 12.0 Å². The molecule has 1 aliphatic carbocycles. The molecule has 1 fully saturated rings. The standard InChI is InChI=1S/C16H18FN3O2S2/c1-3-14(21)20(12-5-6-12)15-18-19-16(24-15)23-9-10-8-11(17)4-7-13(10)22-2/h4,7-8,12H,3,5-6,9H2,1-2H3. The van der Waals surface area contributed by atoms with Crippen LogP contribution < -0.4 is 9.64 Å². The summed E-state index contributed by atoms with van der Waals surface area (Å²) >= 11 is 2.86. The van der Waals surface area contributed by atoms with E-state index in [9.17, 15) is 9.18 Å². The molecule has 0 bridgehead atoms. The number of benzene rings is 1. The molecule has 5 nitrogen and oxygen atoms in total. The molecule has 0 atom stereocenters. The van der Waals surface area contributed by atoms with E-state index in [-0.39, 0.29) is 17.8 Å². The predicted octanol–water partition coefficient (Wildman–Crippen LogP) is 3.88. The van der Waals surface area contributed by atoms with Gasteiger partial charge in [-0.2, -0.15) is 0 Å². The third-order valence-corrected chi connectivity index (χ3v) is 5.78. The van der Waals surface area contributed by atoms with E-state index in [4.69, 9.17) is 4.74 Å². The second-order valence-electron chi connectivity index (χ2n) is 5.44. The summed E-state index contributed by atoms with van der Waals surface area (Å²) in [4.78, 5) is 13.9. The van der Waals surface area contributed by atoms with Gasteiger partial charge in [0.1, 0.15) is 11.6 Å². The number of carbonyl (C=O) groups excluding carboxylic acids is 1. The predicted molar refractivity (Wildman–Crippen MR) is 93.2 cm³/mol. The fourth-order valence-electron chi connectivity index (χ4n) is 2.33. The average Bonchev–Trinajstić information content (AvgIpc) is 3.31. The first-order valence-electron chi connectivity index (χ1n) is 7.73. The summed E-state index contributed by atoms with van der Waals surface area (Å²) in [6, 6.07) is 4.72. The highest BCUT2D eigenvalue weighted by atomic mass is 32.2. The number of ether oxygens (including phenoxy) is 1. The highest BCUT2D eigenvalue weighted by Crippen LogP contribution is 2.37. The zero-order chi connectivity index (χ0) is 17.1. The van der Waals surface area contributed by atoms with Crippen molar-refractivity contribution >= 4 is 34.1 Å². The molecule has 1 heterocycles. The molecule has 0 radical (unpaired) electrons. The first-order chi connectivity index (χ1) is 11.6. The fraction of sp³-hybridized carbons (Fsp3) is 0.438. The number of carbonyl (C=O) groups is 1. The Kier molecular flexibility index (Phi) is 5.35. The maximum Gasteiger partial charge on any atom is 0.228 e. The van der Waals surface area contributed by atoms with Gasteiger partial charge >= 0.3 is 0 Å². The van der Waals surface area contributed by atoms with E-state index >= 15 is 0 Å². The van der Waals surface area contributed by atoms with Crippen LogP contribution in [0.25, 0.3) is 0 Å². The van der Waals surface area contributed by atoms with Crippen LogP contribution in [0.5, 0.6) is 5.75 Å². The van der Waals surface area contributed by atoms with Gasteiger partial charge in [-0.25, -0.2) is 4.39 Å². The molecule has 0 unspecified atom stereocenters. The number of amides is 1. The minimum absolute atomic E-state index is 0.0806. The smallest absolute Gasteiger partial charge is 0.228 e. The molecule has 24 heavy (non-hydrogen) atoms. The molecule has 2 aromatic rings. The topological polar surface area (TPSA) is 55.3 Å². The fourth-order valence-corrected chi connectivity index (χ4v) is 4.24. The zero-order valence-corrected chi connectivity index (χ0v) is 15.1. The van der Waals surface area contributed by atoms with Gasteiger partial charge in [0, 0.05) is 23.8 Å². The number of nitrogens with zero attached hydrogens (tertiary/aromatic N) is 3. The van der Waals surface area contributed by atoms with Crippen molar-refractivity contribution in [3.63, 3.8) is 0 Å². The van der Waals surface area contributed by atoms with E-state index in [1.807, 2.05) is 6.92 Å². The van der Waals surface area contributed by atoms with Gasteiger partial charge in [0.15, 0.2) is 4.34 Å². The molecule has 1 aromatic carbocycles. The zero-order valence-electron chi connectivity index (χ0n) is 13.5. The quantitative estimate of drug-likeness (QED) is 0.549. The summed E-state index contributed by atoms with van der Waals surface area (Å²) in [5.74, 6) is 0.963. The minimum Gasteiger partial charge on any atom is -0.496 e. The molecule has 0 aliphatic heterocycles. The number of hydrogen-bond donors (Lipinski definition) is 0. The van der Waals surface area contributed by atoms with Crippen LogP contribution in [0.15, 0.2) is 22.5 Å². The van der Waals surface area contributed by atoms with E-state index in [1.54, 1.807) is 18.1 Å². The van der Waals surface area contributed by atoms with Crippen molar-refractivity contribution < 1.29 is 13.9 Å². The molecule has 128 valence electrons. The Bertz CT molecular complexity index is 734. The van der Waals surface area contributed by atoms with Crippen LogP contribution in [0.4, 0.5) is 9.52 Å². The summed E-state index contributed by atoms with van der Waals surface area (Å²) in [6.07, 6.45) is 2.50. The second kappa shape index (κ2) is 7.48. The van der Waals surface area contributed by atoms with Gasteiger partial charge in [0.2, 0.25) is 11.0 Å². The number of rotatable bonds is 7. The number of halogens is 1. The summed E-state index contributed by atoms with van der Waals surface area (Å²) in [6.45, 7) is 1.85. The molecule has 0 spiro atoms. The maximum absolute atomic E-state index is 13.4. The van der Waals surface area contributed by atoms with Crippen molar-refractivity contribution in [1.82, 2.24) is 10.2 Å². The van der Waals surface area contributed by atoms with Crippen molar-refractivity contribution in [1.29, 1.82) is 0 Å². The number of anilines is 1. The normalized spacial score (nSPS) is 13.8. The van der Waals surface area contributed by atoms with Crippen LogP contribution in [0, 0.1) is 5.82 Å². The monoisotopic (exact) mass is 367 g/mol. The first-order valence-corrected chi connectivity index (χ1v) is 9.53. The van der Waals surface area contributed by atoms with Crippen molar-refractivity contribution in [3.05, 3.63) is 29.6 Å². The molecule has 1 amide bonds. The average molecular weight is 367 g/mol. The first kappa shape index (κ1) is 17.2. The number of hydrogen-bond acceptors (Lipinski definition) is 6. The van der Waals surface area contributed by atoms with E-state index in [1.165, 1.54) is 35.2 Å². The van der Waals surface area contributed by atoms with Gasteiger partial charge in [-0.3, -0.25) is 9.69 Å². The van der Waals surface area contributed by atoms with Gasteiger partial charge in [0.25, 0.3) is 0 Å². The van der Waals surface area contributed by atoms with E-state index in [0.29, 0.717) is 23.1 Å². The Morgan fingerprint density at radius 1 is 1.46 bits per heavy atom. The van der Waals surface area contributed by atoms with Crippen LogP contribution in [0.3, 0.4) is 0 Å². The van der Waals surface area contributed by atoms with Gasteiger partial charge < -0.3 is 4.74 Å². The van der Waals surface area contributed by atoms with E-state index < -0.39 is 0 Å². The molecular weight excluding hydrogens is 349 g/mol. The summed E-state index contributed by atoms with van der Waals surface area (Å²) in [5, 5.41) is 8.98. The summed E-state index contributed by atoms with van der Waals surface area (Å²) in [7, 11) is 1.56. The molecule has 1 aromatic heterocycles. The lowest BCUT2D eigenvalue weighted by Gasteiger charge is -2.17. The van der Waals surface area contributed by atoms with Crippen LogP contribution in [0.1, 0.15) is 31.7 Å². The molecule has 0 N–H and O–H groups in total. The van der Waals surface area contributed by atoms with Crippen molar-refractivity contribution in [2.45, 2.75) is 42.3 Å². The van der Waals surface area contributed by atoms with Gasteiger partial charge in [-0.05, 0) is 31.0 Å². The molecule has 3 rings (SSSR count). The highest BCUT2D eigenvalue weighted by Gasteiger charge is 2.35. The minimum atomic E-state index is -0.294. The van der Waals surface area contributed by atoms with Crippen LogP contribution >= 0.6 is 23.1 Å². The van der Waals surface area contributed by atoms with Crippen LogP contribution in [-0.2, 0) is 10.5 Å². The second-order valence-corrected chi connectivity index (χ2v) is 7.62. The largest absolute Gasteiger partial charge is 0.496 e. The van der Waals surface area contributed by atoms with Gasteiger partial charge in [-0.1, -0.05) is 30.0 Å². The lowest BCUT2D eigenvalue weighted by molar-refractivity contribution is -0.118. The SMILES string of the molecule is CCC(=O)N(c1nnc(SCc2cc(F)ccc2OC)s1)C1CC1. The third-order valence-electron chi connectivity index (χ3n) is 3.68. The molecular formula is C16H18FN3O2S2. The molecule has 8 heteroatoms. The Hall–Kier alpha value is -1.67. The van der Waals surface area contributed by atoms with Crippen molar-refractivity contribution in [2.24, 2.45) is 0 Å². The van der Waals surface area contributed by atoms with Gasteiger partial charge in [-0.15, -0.1) is 10.2 Å². The molecule has 1 aliphatic rings. The van der Waals surface area contributed by atoms with Crippen molar-refractivity contribution in [3.8, 4) is 5.75 Å². The van der Waals surface area contributed by atoms with E-state index in [0.717, 1.165) is 22.7 Å². The Morgan fingerprint density at radius 3 is 2.92 bits per heavy atom. The number of methoxy groups -OCH3 is 1. The Balaban J connectivity index is 1.70. The summed E-state index contributed by atoms with van der Waals surface area (Å²) < 4.78 is 19.4. The number of thioether (sulfide) groups is 1. The summed E-state index contributed by atoms with van der Waals surface area (Å²) in [5.41, 5.74) is 0.767. The van der Waals surface area contributed by atoms with Gasteiger partial charge in [0.05, 0.1) is 7.11 Å². The Morgan fingerprint density at radius 2 is 2.25 bits per heavy atom. The maximum atomic E-state index is 13.4. The van der Waals surface area contributed by atoms with Crippen LogP contribution in [0.2, 0.25) is 0 Å². The third kappa shape index (κ3) is 3.87. The number of aromatic nitrogens is 2. The van der Waals surface area contributed by atoms with E-state index in [2.05, 4.69) is 10.2 Å². The van der Waals surface area contributed by atoms with Crippen LogP contribution in [-0.4, -0.2) is 29.3 Å². The Labute approximate surface area is 148 Å². The molecule has 1 saturated carbocycles. The lowest BCUT2D eigenvalue weighted by Crippen LogP contribution is -2.32. The highest BCUT2D eigenvalue weighted by molar-refractivity contribution is 8.00. The lowest BCUT2D eigenvalue weighted by atomic mass is 10.2. The molecule has 0 saturated heterocycles.